The van der Waals surface area contributed by atoms with Gasteiger partial charge in [0.2, 0.25) is 5.91 Å². The number of nitrogens with one attached hydrogen (secondary N) is 1. The maximum atomic E-state index is 12.4. The van der Waals surface area contributed by atoms with Crippen LogP contribution in [0, 0.1) is 5.92 Å². The molecule has 2 aromatic heterocycles. The summed E-state index contributed by atoms with van der Waals surface area (Å²) in [5.74, 6) is 0.756. The van der Waals surface area contributed by atoms with Gasteiger partial charge < -0.3 is 5.32 Å². The second-order valence-electron chi connectivity index (χ2n) is 4.88. The number of hydrogen-bond donors (Lipinski definition) is 1. The van der Waals surface area contributed by atoms with Crippen LogP contribution in [0.15, 0.2) is 15.3 Å². The van der Waals surface area contributed by atoms with Crippen molar-refractivity contribution in [3.8, 4) is 0 Å². The van der Waals surface area contributed by atoms with Gasteiger partial charge in [-0.1, -0.05) is 13.8 Å². The quantitative estimate of drug-likeness (QED) is 0.922. The van der Waals surface area contributed by atoms with Gasteiger partial charge in [0.05, 0.1) is 22.0 Å². The van der Waals surface area contributed by atoms with Crippen LogP contribution in [0.3, 0.4) is 0 Å². The van der Waals surface area contributed by atoms with E-state index >= 15 is 0 Å². The molecule has 1 amide bonds. The lowest BCUT2D eigenvalue weighted by Crippen LogP contribution is -2.22. The average Bonchev–Trinajstić information content (AvgIpc) is 2.71. The van der Waals surface area contributed by atoms with Gasteiger partial charge in [0, 0.05) is 6.54 Å². The number of anilines is 1. The highest BCUT2D eigenvalue weighted by atomic mass is 32.2. The third kappa shape index (κ3) is 2.17. The zero-order valence-electron chi connectivity index (χ0n) is 10.6. The molecule has 3 heterocycles. The summed E-state index contributed by atoms with van der Waals surface area (Å²) in [6.45, 7) is 4.78. The van der Waals surface area contributed by atoms with Crippen LogP contribution in [-0.4, -0.2) is 21.2 Å². The molecule has 0 saturated heterocycles. The van der Waals surface area contributed by atoms with Crippen LogP contribution >= 0.6 is 23.1 Å². The lowest BCUT2D eigenvalue weighted by molar-refractivity contribution is -0.113. The summed E-state index contributed by atoms with van der Waals surface area (Å²) < 4.78 is 3.24. The molecule has 7 heteroatoms. The Morgan fingerprint density at radius 1 is 1.47 bits per heavy atom. The van der Waals surface area contributed by atoms with E-state index in [2.05, 4.69) is 24.1 Å². The number of hydrogen-bond acceptors (Lipinski definition) is 5. The minimum absolute atomic E-state index is 0.0204. The fraction of sp³-hybridized carbons (Fsp3) is 0.417. The second-order valence-corrected chi connectivity index (χ2v) is 7.14. The van der Waals surface area contributed by atoms with Crippen molar-refractivity contribution in [2.45, 2.75) is 24.6 Å². The monoisotopic (exact) mass is 295 g/mol. The maximum Gasteiger partial charge on any atom is 0.271 e. The molecule has 5 nitrogen and oxygen atoms in total. The summed E-state index contributed by atoms with van der Waals surface area (Å²) in [5, 5.41) is 2.81. The Hall–Kier alpha value is -1.34. The molecule has 1 aliphatic rings. The van der Waals surface area contributed by atoms with Crippen LogP contribution in [0.25, 0.3) is 10.2 Å². The number of carbonyl (C=O) groups excluding carboxylic acids is 1. The summed E-state index contributed by atoms with van der Waals surface area (Å²) in [4.78, 5) is 28.1. The van der Waals surface area contributed by atoms with Crippen LogP contribution in [0.1, 0.15) is 13.8 Å². The molecule has 1 N–H and O–H groups in total. The predicted octanol–water partition coefficient (Wildman–Crippen LogP) is 2.16. The van der Waals surface area contributed by atoms with Gasteiger partial charge in [-0.2, -0.15) is 0 Å². The minimum Gasteiger partial charge on any atom is -0.322 e. The normalized spacial score (nSPS) is 14.8. The highest BCUT2D eigenvalue weighted by molar-refractivity contribution is 8.02. The van der Waals surface area contributed by atoms with E-state index in [0.29, 0.717) is 34.1 Å². The smallest absolute Gasteiger partial charge is 0.271 e. The number of amides is 1. The third-order valence-electron chi connectivity index (χ3n) is 2.79. The van der Waals surface area contributed by atoms with Gasteiger partial charge in [0.25, 0.3) is 5.56 Å². The van der Waals surface area contributed by atoms with Gasteiger partial charge in [-0.05, 0) is 5.92 Å². The molecule has 100 valence electrons. The first-order valence-electron chi connectivity index (χ1n) is 6.01. The molecule has 0 aromatic carbocycles. The number of fused-ring (bicyclic) bond motifs is 3. The maximum absolute atomic E-state index is 12.4. The summed E-state index contributed by atoms with van der Waals surface area (Å²) >= 11 is 2.89. The molecule has 0 spiro atoms. The van der Waals surface area contributed by atoms with E-state index in [4.69, 9.17) is 0 Å². The van der Waals surface area contributed by atoms with E-state index in [9.17, 15) is 9.59 Å². The molecule has 0 aliphatic carbocycles. The Balaban J connectivity index is 2.18. The third-order valence-corrected chi connectivity index (χ3v) is 5.23. The largest absolute Gasteiger partial charge is 0.322 e. The topological polar surface area (TPSA) is 64.0 Å². The molecule has 1 aliphatic heterocycles. The summed E-state index contributed by atoms with van der Waals surface area (Å²) in [5.41, 5.74) is 1.30. The van der Waals surface area contributed by atoms with Gasteiger partial charge >= 0.3 is 0 Å². The first kappa shape index (κ1) is 12.7. The zero-order chi connectivity index (χ0) is 13.6. The van der Waals surface area contributed by atoms with Crippen molar-refractivity contribution >= 4 is 44.9 Å². The first-order valence-corrected chi connectivity index (χ1v) is 7.81. The van der Waals surface area contributed by atoms with E-state index in [1.54, 1.807) is 10.9 Å². The lowest BCUT2D eigenvalue weighted by Gasteiger charge is -2.11. The molecule has 0 saturated carbocycles. The van der Waals surface area contributed by atoms with Crippen molar-refractivity contribution in [3.05, 3.63) is 16.7 Å². The molecule has 19 heavy (non-hydrogen) atoms. The minimum atomic E-state index is -0.0367. The van der Waals surface area contributed by atoms with Crippen molar-refractivity contribution < 1.29 is 4.79 Å². The van der Waals surface area contributed by atoms with Crippen molar-refractivity contribution in [1.82, 2.24) is 9.55 Å². The Bertz CT molecular complexity index is 718. The first-order chi connectivity index (χ1) is 9.06. The van der Waals surface area contributed by atoms with Crippen molar-refractivity contribution in [3.63, 3.8) is 0 Å². The number of thioether (sulfide) groups is 1. The fourth-order valence-corrected chi connectivity index (χ4v) is 4.20. The fourth-order valence-electron chi connectivity index (χ4n) is 2.02. The zero-order valence-corrected chi connectivity index (χ0v) is 12.2. The van der Waals surface area contributed by atoms with Gasteiger partial charge in [0.1, 0.15) is 10.2 Å². The Kier molecular flexibility index (Phi) is 3.10. The summed E-state index contributed by atoms with van der Waals surface area (Å²) in [7, 11) is 0. The SMILES string of the molecule is CC(C)Cn1cnc2c3c(sc2c1=O)SCC(=O)N3. The molecule has 0 unspecified atom stereocenters. The molecular formula is C12H13N3O2S2. The van der Waals surface area contributed by atoms with Gasteiger partial charge in [0.15, 0.2) is 0 Å². The molecule has 0 radical (unpaired) electrons. The summed E-state index contributed by atoms with van der Waals surface area (Å²) in [6, 6.07) is 0. The predicted molar refractivity (Wildman–Crippen MR) is 78.1 cm³/mol. The molecule has 0 bridgehead atoms. The number of thiophene rings is 1. The van der Waals surface area contributed by atoms with Crippen LogP contribution in [0.4, 0.5) is 5.69 Å². The van der Waals surface area contributed by atoms with E-state index in [0.717, 1.165) is 4.21 Å². The van der Waals surface area contributed by atoms with Gasteiger partial charge in [-0.3, -0.25) is 14.2 Å². The average molecular weight is 295 g/mol. The highest BCUT2D eigenvalue weighted by Crippen LogP contribution is 2.42. The summed E-state index contributed by atoms with van der Waals surface area (Å²) in [6.07, 6.45) is 1.57. The number of carbonyl (C=O) groups is 1. The standard InChI is InChI=1S/C12H13N3O2S2/c1-6(2)3-15-5-13-8-9-12(18-4-7(16)14-9)19-10(8)11(15)17/h5-6H,3-4H2,1-2H3,(H,14,16). The molecule has 3 rings (SSSR count). The Labute approximate surface area is 118 Å². The van der Waals surface area contributed by atoms with Crippen LogP contribution < -0.4 is 10.9 Å². The lowest BCUT2D eigenvalue weighted by atomic mass is 10.2. The molecular weight excluding hydrogens is 282 g/mol. The number of aromatic nitrogens is 2. The van der Waals surface area contributed by atoms with Crippen LogP contribution in [0.5, 0.6) is 0 Å². The van der Waals surface area contributed by atoms with Crippen LogP contribution in [-0.2, 0) is 11.3 Å². The molecule has 0 fully saturated rings. The van der Waals surface area contributed by atoms with E-state index < -0.39 is 0 Å². The molecule has 2 aromatic rings. The van der Waals surface area contributed by atoms with E-state index in [-0.39, 0.29) is 11.5 Å². The Morgan fingerprint density at radius 3 is 3.00 bits per heavy atom. The Morgan fingerprint density at radius 2 is 2.26 bits per heavy atom. The second kappa shape index (κ2) is 4.64. The highest BCUT2D eigenvalue weighted by Gasteiger charge is 2.23. The van der Waals surface area contributed by atoms with Crippen molar-refractivity contribution in [1.29, 1.82) is 0 Å². The van der Waals surface area contributed by atoms with Crippen molar-refractivity contribution in [2.75, 3.05) is 11.1 Å². The molecule has 0 atom stereocenters. The number of rotatable bonds is 2. The van der Waals surface area contributed by atoms with Gasteiger partial charge in [-0.15, -0.1) is 23.1 Å². The van der Waals surface area contributed by atoms with Crippen molar-refractivity contribution in [2.24, 2.45) is 5.92 Å². The van der Waals surface area contributed by atoms with E-state index in [1.807, 2.05) is 0 Å². The van der Waals surface area contributed by atoms with E-state index in [1.165, 1.54) is 23.1 Å². The van der Waals surface area contributed by atoms with Gasteiger partial charge in [-0.25, -0.2) is 4.98 Å². The number of nitrogens with zero attached hydrogens (tertiary/aromatic N) is 2. The van der Waals surface area contributed by atoms with Crippen LogP contribution in [0.2, 0.25) is 0 Å².